The third kappa shape index (κ3) is 4.36. The van der Waals surface area contributed by atoms with Crippen LogP contribution >= 0.6 is 11.6 Å². The van der Waals surface area contributed by atoms with Crippen LogP contribution in [-0.4, -0.2) is 35.0 Å². The van der Waals surface area contributed by atoms with E-state index in [1.165, 1.54) is 5.56 Å². The molecule has 0 spiro atoms. The monoisotopic (exact) mass is 372 g/mol. The van der Waals surface area contributed by atoms with Gasteiger partial charge in [0.2, 0.25) is 0 Å². The van der Waals surface area contributed by atoms with Crippen molar-refractivity contribution < 1.29 is 9.53 Å². The largest absolute Gasteiger partial charge is 0.487 e. The average Bonchev–Trinajstić information content (AvgIpc) is 2.63. The number of likely N-dealkylation sites (tertiary alicyclic amines) is 1. The van der Waals surface area contributed by atoms with Crippen molar-refractivity contribution >= 4 is 17.5 Å². The lowest BCUT2D eigenvalue weighted by Gasteiger charge is -2.33. The van der Waals surface area contributed by atoms with E-state index >= 15 is 0 Å². The van der Waals surface area contributed by atoms with E-state index in [1.54, 1.807) is 18.5 Å². The van der Waals surface area contributed by atoms with Crippen LogP contribution in [0.4, 0.5) is 0 Å². The summed E-state index contributed by atoms with van der Waals surface area (Å²) in [6.07, 6.45) is 5.00. The lowest BCUT2D eigenvalue weighted by Crippen LogP contribution is -2.44. The van der Waals surface area contributed by atoms with Crippen LogP contribution in [0.15, 0.2) is 42.7 Å². The maximum Gasteiger partial charge on any atom is 0.253 e. The fourth-order valence-corrected chi connectivity index (χ4v) is 3.32. The van der Waals surface area contributed by atoms with Crippen molar-refractivity contribution in [2.75, 3.05) is 13.1 Å². The molecule has 2 aromatic rings. The number of carbonyl (C=O) groups excluding carboxylic acids is 1. The first-order valence-electron chi connectivity index (χ1n) is 9.00. The molecule has 3 rings (SSSR count). The zero-order chi connectivity index (χ0) is 18.7. The molecule has 1 saturated heterocycles. The Balaban J connectivity index is 1.67. The number of carbonyl (C=O) groups is 1. The number of pyridine rings is 1. The number of amides is 1. The Morgan fingerprint density at radius 1 is 1.23 bits per heavy atom. The van der Waals surface area contributed by atoms with Gasteiger partial charge in [0.15, 0.2) is 0 Å². The van der Waals surface area contributed by atoms with E-state index in [0.717, 1.165) is 24.9 Å². The fraction of sp³-hybridized carbons (Fsp3) is 0.429. The molecule has 0 radical (unpaired) electrons. The average molecular weight is 373 g/mol. The number of hydrogen-bond donors (Lipinski definition) is 0. The summed E-state index contributed by atoms with van der Waals surface area (Å²) in [5.41, 5.74) is 2.02. The Kier molecular flexibility index (Phi) is 5.52. The lowest BCUT2D eigenvalue weighted by atomic mass is 9.86. The van der Waals surface area contributed by atoms with Crippen molar-refractivity contribution in [2.24, 2.45) is 0 Å². The highest BCUT2D eigenvalue weighted by Crippen LogP contribution is 2.26. The first kappa shape index (κ1) is 18.7. The molecule has 1 aliphatic rings. The maximum atomic E-state index is 12.9. The summed E-state index contributed by atoms with van der Waals surface area (Å²) >= 11 is 6.12. The van der Waals surface area contributed by atoms with Gasteiger partial charge in [-0.3, -0.25) is 9.78 Å². The molecule has 4 nitrogen and oxygen atoms in total. The molecule has 1 aromatic carbocycles. The van der Waals surface area contributed by atoms with Crippen LogP contribution in [0.25, 0.3) is 0 Å². The van der Waals surface area contributed by atoms with Crippen molar-refractivity contribution in [3.8, 4) is 5.75 Å². The third-order valence-corrected chi connectivity index (χ3v) is 4.98. The highest BCUT2D eigenvalue weighted by atomic mass is 35.5. The Hall–Kier alpha value is -2.07. The Morgan fingerprint density at radius 2 is 1.96 bits per heavy atom. The zero-order valence-electron chi connectivity index (χ0n) is 15.5. The van der Waals surface area contributed by atoms with Gasteiger partial charge in [0.1, 0.15) is 16.9 Å². The molecule has 1 amide bonds. The summed E-state index contributed by atoms with van der Waals surface area (Å²) in [6.45, 7) is 7.82. The number of aromatic nitrogens is 1. The van der Waals surface area contributed by atoms with Crippen LogP contribution in [0, 0.1) is 0 Å². The molecule has 5 heteroatoms. The van der Waals surface area contributed by atoms with Gasteiger partial charge in [-0.15, -0.1) is 0 Å². The van der Waals surface area contributed by atoms with E-state index in [9.17, 15) is 4.79 Å². The van der Waals surface area contributed by atoms with Gasteiger partial charge in [0, 0.05) is 30.6 Å². The molecule has 0 aliphatic carbocycles. The number of piperidine rings is 1. The van der Waals surface area contributed by atoms with Gasteiger partial charge in [-0.25, -0.2) is 0 Å². The van der Waals surface area contributed by atoms with E-state index in [2.05, 4.69) is 25.8 Å². The summed E-state index contributed by atoms with van der Waals surface area (Å²) in [4.78, 5) is 18.7. The second-order valence-corrected chi connectivity index (χ2v) is 8.17. The smallest absolute Gasteiger partial charge is 0.253 e. The van der Waals surface area contributed by atoms with E-state index in [0.29, 0.717) is 17.3 Å². The van der Waals surface area contributed by atoms with Crippen molar-refractivity contribution in [3.63, 3.8) is 0 Å². The Bertz CT molecular complexity index is 768. The molecule has 138 valence electrons. The zero-order valence-corrected chi connectivity index (χ0v) is 16.3. The Labute approximate surface area is 160 Å². The van der Waals surface area contributed by atoms with Crippen molar-refractivity contribution in [2.45, 2.75) is 45.1 Å². The van der Waals surface area contributed by atoms with Crippen LogP contribution in [0.1, 0.15) is 49.5 Å². The normalized spacial score (nSPS) is 17.8. The first-order chi connectivity index (χ1) is 12.3. The van der Waals surface area contributed by atoms with Gasteiger partial charge < -0.3 is 9.64 Å². The van der Waals surface area contributed by atoms with E-state index in [1.807, 2.05) is 29.2 Å². The highest BCUT2D eigenvalue weighted by Gasteiger charge is 2.26. The van der Waals surface area contributed by atoms with Crippen molar-refractivity contribution in [3.05, 3.63) is 58.9 Å². The fourth-order valence-electron chi connectivity index (χ4n) is 3.15. The molecule has 1 aromatic heterocycles. The summed E-state index contributed by atoms with van der Waals surface area (Å²) in [5, 5.41) is 0.494. The summed E-state index contributed by atoms with van der Waals surface area (Å²) < 4.78 is 6.00. The maximum absolute atomic E-state index is 12.9. The lowest BCUT2D eigenvalue weighted by molar-refractivity contribution is 0.0538. The predicted molar refractivity (Wildman–Crippen MR) is 104 cm³/mol. The number of nitrogens with zero attached hydrogens (tertiary/aromatic N) is 2. The van der Waals surface area contributed by atoms with Gasteiger partial charge in [-0.1, -0.05) is 44.5 Å². The van der Waals surface area contributed by atoms with Crippen LogP contribution in [0.5, 0.6) is 5.75 Å². The van der Waals surface area contributed by atoms with Crippen LogP contribution < -0.4 is 4.74 Å². The molecular weight excluding hydrogens is 348 g/mol. The quantitative estimate of drug-likeness (QED) is 0.783. The standard InChI is InChI=1S/C21H25ClN2O2/c1-21(2,3)16-8-6-15(7-9-16)20(25)24-12-4-5-17(14-24)26-19-10-11-23-13-18(19)22/h6-11,13,17H,4-5,12,14H2,1-3H3. The topological polar surface area (TPSA) is 42.4 Å². The Morgan fingerprint density at radius 3 is 2.62 bits per heavy atom. The van der Waals surface area contributed by atoms with E-state index < -0.39 is 0 Å². The highest BCUT2D eigenvalue weighted by molar-refractivity contribution is 6.31. The van der Waals surface area contributed by atoms with Crippen LogP contribution in [-0.2, 0) is 5.41 Å². The van der Waals surface area contributed by atoms with E-state index in [-0.39, 0.29) is 17.4 Å². The molecular formula is C21H25ClN2O2. The molecule has 1 unspecified atom stereocenters. The number of hydrogen-bond acceptors (Lipinski definition) is 3. The molecule has 0 saturated carbocycles. The van der Waals surface area contributed by atoms with E-state index in [4.69, 9.17) is 16.3 Å². The summed E-state index contributed by atoms with van der Waals surface area (Å²) in [6, 6.07) is 9.69. The van der Waals surface area contributed by atoms with Crippen LogP contribution in [0.3, 0.4) is 0 Å². The van der Waals surface area contributed by atoms with Gasteiger partial charge in [0.05, 0.1) is 6.54 Å². The number of halogens is 1. The summed E-state index contributed by atoms with van der Waals surface area (Å²) in [7, 11) is 0. The second kappa shape index (κ2) is 7.67. The number of benzene rings is 1. The minimum atomic E-state index is -0.0542. The second-order valence-electron chi connectivity index (χ2n) is 7.77. The molecule has 0 N–H and O–H groups in total. The summed E-state index contributed by atoms with van der Waals surface area (Å²) in [5.74, 6) is 0.676. The molecule has 1 fully saturated rings. The van der Waals surface area contributed by atoms with Gasteiger partial charge in [0.25, 0.3) is 5.91 Å². The van der Waals surface area contributed by atoms with Gasteiger partial charge >= 0.3 is 0 Å². The third-order valence-electron chi connectivity index (χ3n) is 4.69. The predicted octanol–water partition coefficient (Wildman–Crippen LogP) is 4.72. The van der Waals surface area contributed by atoms with Crippen molar-refractivity contribution in [1.29, 1.82) is 0 Å². The number of ether oxygens (including phenoxy) is 1. The molecule has 26 heavy (non-hydrogen) atoms. The first-order valence-corrected chi connectivity index (χ1v) is 9.38. The molecule has 0 bridgehead atoms. The van der Waals surface area contributed by atoms with Gasteiger partial charge in [-0.05, 0) is 36.0 Å². The molecule has 1 atom stereocenters. The molecule has 2 heterocycles. The van der Waals surface area contributed by atoms with Crippen molar-refractivity contribution in [1.82, 2.24) is 9.88 Å². The minimum absolute atomic E-state index is 0.0542. The minimum Gasteiger partial charge on any atom is -0.487 e. The molecule has 1 aliphatic heterocycles. The van der Waals surface area contributed by atoms with Crippen LogP contribution in [0.2, 0.25) is 5.02 Å². The SMILES string of the molecule is CC(C)(C)c1ccc(C(=O)N2CCCC(Oc3ccncc3Cl)C2)cc1. The number of rotatable bonds is 3. The van der Waals surface area contributed by atoms with Gasteiger partial charge in [-0.2, -0.15) is 0 Å².